The van der Waals surface area contributed by atoms with E-state index in [1.54, 1.807) is 0 Å². The van der Waals surface area contributed by atoms with Crippen LogP contribution < -0.4 is 10.1 Å². The third-order valence-electron chi connectivity index (χ3n) is 3.49. The van der Waals surface area contributed by atoms with Gasteiger partial charge in [0, 0.05) is 19.6 Å². The van der Waals surface area contributed by atoms with Crippen LogP contribution in [0.1, 0.15) is 12.0 Å². The third kappa shape index (κ3) is 4.02. The Morgan fingerprint density at radius 1 is 1.43 bits per heavy atom. The van der Waals surface area contributed by atoms with Crippen LogP contribution in [0.5, 0.6) is 5.75 Å². The number of benzene rings is 1. The van der Waals surface area contributed by atoms with Crippen LogP contribution >= 0.6 is 11.6 Å². The summed E-state index contributed by atoms with van der Waals surface area (Å²) >= 11 is 5.69. The topological polar surface area (TPSA) is 30.5 Å². The van der Waals surface area contributed by atoms with Crippen LogP contribution in [0, 0.1) is 5.92 Å². The fraction of sp³-hybridized carbons (Fsp3) is 0.571. The molecule has 7 heteroatoms. The Kier molecular flexibility index (Phi) is 5.35. The van der Waals surface area contributed by atoms with E-state index in [4.69, 9.17) is 21.1 Å². The van der Waals surface area contributed by atoms with Gasteiger partial charge in [-0.3, -0.25) is 0 Å². The molecule has 1 fully saturated rings. The molecule has 0 bridgehead atoms. The molecule has 1 N–H and O–H groups in total. The minimum Gasteiger partial charge on any atom is -0.487 e. The van der Waals surface area contributed by atoms with Gasteiger partial charge in [0.05, 0.1) is 11.6 Å². The van der Waals surface area contributed by atoms with Gasteiger partial charge in [0.25, 0.3) is 0 Å². The second kappa shape index (κ2) is 6.85. The fourth-order valence-corrected chi connectivity index (χ4v) is 2.74. The SMILES string of the molecule is COCC(Oc1cccc(Cl)c1C(F)(F)F)C1CCNC1. The van der Waals surface area contributed by atoms with Gasteiger partial charge in [-0.25, -0.2) is 0 Å². The first-order chi connectivity index (χ1) is 9.93. The molecule has 3 nitrogen and oxygen atoms in total. The molecule has 2 unspecified atom stereocenters. The quantitative estimate of drug-likeness (QED) is 0.901. The average molecular weight is 324 g/mol. The Morgan fingerprint density at radius 2 is 2.19 bits per heavy atom. The van der Waals surface area contributed by atoms with Crippen molar-refractivity contribution in [2.24, 2.45) is 5.92 Å². The number of hydrogen-bond donors (Lipinski definition) is 1. The van der Waals surface area contributed by atoms with Crippen molar-refractivity contribution in [1.29, 1.82) is 0 Å². The molecular weight excluding hydrogens is 307 g/mol. The molecule has 1 heterocycles. The molecule has 0 spiro atoms. The number of methoxy groups -OCH3 is 1. The van der Waals surface area contributed by atoms with E-state index < -0.39 is 17.8 Å². The van der Waals surface area contributed by atoms with Gasteiger partial charge in [0.15, 0.2) is 0 Å². The van der Waals surface area contributed by atoms with Gasteiger partial charge in [-0.2, -0.15) is 13.2 Å². The van der Waals surface area contributed by atoms with E-state index in [1.807, 2.05) is 0 Å². The molecule has 118 valence electrons. The molecule has 0 amide bonds. The van der Waals surface area contributed by atoms with Crippen molar-refractivity contribution in [3.05, 3.63) is 28.8 Å². The number of alkyl halides is 3. The molecule has 21 heavy (non-hydrogen) atoms. The monoisotopic (exact) mass is 323 g/mol. The van der Waals surface area contributed by atoms with Gasteiger partial charge in [0.2, 0.25) is 0 Å². The third-order valence-corrected chi connectivity index (χ3v) is 3.81. The Balaban J connectivity index is 2.26. The van der Waals surface area contributed by atoms with Crippen LogP contribution in [0.2, 0.25) is 5.02 Å². The van der Waals surface area contributed by atoms with Crippen molar-refractivity contribution >= 4 is 11.6 Å². The molecule has 1 saturated heterocycles. The van der Waals surface area contributed by atoms with Crippen LogP contribution in [0.4, 0.5) is 13.2 Å². The normalized spacial score (nSPS) is 20.5. The van der Waals surface area contributed by atoms with Gasteiger partial charge >= 0.3 is 6.18 Å². The summed E-state index contributed by atoms with van der Waals surface area (Å²) in [5, 5.41) is 2.81. The van der Waals surface area contributed by atoms with Gasteiger partial charge < -0.3 is 14.8 Å². The number of rotatable bonds is 5. The standard InChI is InChI=1S/C14H17ClF3NO2/c1-20-8-12(9-5-6-19-7-9)21-11-4-2-3-10(15)13(11)14(16,17)18/h2-4,9,12,19H,5-8H2,1H3. The molecule has 0 radical (unpaired) electrons. The summed E-state index contributed by atoms with van der Waals surface area (Å²) in [6.45, 7) is 1.77. The minimum atomic E-state index is -4.56. The lowest BCUT2D eigenvalue weighted by Gasteiger charge is -2.25. The number of ether oxygens (including phenoxy) is 2. The molecule has 2 rings (SSSR count). The highest BCUT2D eigenvalue weighted by Gasteiger charge is 2.38. The van der Waals surface area contributed by atoms with Crippen LogP contribution in [0.3, 0.4) is 0 Å². The van der Waals surface area contributed by atoms with Gasteiger partial charge in [-0.05, 0) is 25.1 Å². The molecule has 1 aromatic carbocycles. The van der Waals surface area contributed by atoms with E-state index in [0.29, 0.717) is 6.54 Å². The minimum absolute atomic E-state index is 0.116. The number of hydrogen-bond acceptors (Lipinski definition) is 3. The summed E-state index contributed by atoms with van der Waals surface area (Å²) < 4.78 is 50.0. The maximum atomic E-state index is 13.1. The summed E-state index contributed by atoms with van der Waals surface area (Å²) in [5.41, 5.74) is -0.932. The van der Waals surface area contributed by atoms with Crippen LogP contribution in [-0.4, -0.2) is 32.9 Å². The summed E-state index contributed by atoms with van der Waals surface area (Å²) in [5.74, 6) is -0.131. The van der Waals surface area contributed by atoms with Crippen LogP contribution in [0.25, 0.3) is 0 Å². The highest BCUT2D eigenvalue weighted by Crippen LogP contribution is 2.41. The molecule has 1 aromatic rings. The van der Waals surface area contributed by atoms with Crippen LogP contribution in [0.15, 0.2) is 18.2 Å². The molecule has 0 saturated carbocycles. The lowest BCUT2D eigenvalue weighted by Crippen LogP contribution is -2.33. The first-order valence-corrected chi connectivity index (χ1v) is 7.03. The summed E-state index contributed by atoms with van der Waals surface area (Å²) in [6.07, 6.45) is -4.15. The lowest BCUT2D eigenvalue weighted by molar-refractivity contribution is -0.139. The predicted molar refractivity (Wildman–Crippen MR) is 73.7 cm³/mol. The number of nitrogens with one attached hydrogen (secondary N) is 1. The molecular formula is C14H17ClF3NO2. The average Bonchev–Trinajstić information content (AvgIpc) is 2.90. The molecule has 1 aliphatic heterocycles. The van der Waals surface area contributed by atoms with Crippen molar-refractivity contribution in [2.75, 3.05) is 26.8 Å². The van der Waals surface area contributed by atoms with Gasteiger partial charge in [-0.1, -0.05) is 17.7 Å². The van der Waals surface area contributed by atoms with Crippen molar-refractivity contribution in [1.82, 2.24) is 5.32 Å². The largest absolute Gasteiger partial charge is 0.487 e. The second-order valence-corrected chi connectivity index (χ2v) is 5.38. The predicted octanol–water partition coefficient (Wildman–Crippen LogP) is 3.36. The van der Waals surface area contributed by atoms with E-state index in [2.05, 4.69) is 5.32 Å². The van der Waals surface area contributed by atoms with Crippen molar-refractivity contribution < 1.29 is 22.6 Å². The molecule has 2 atom stereocenters. The summed E-state index contributed by atoms with van der Waals surface area (Å²) in [7, 11) is 1.50. The maximum absolute atomic E-state index is 13.1. The smallest absolute Gasteiger partial charge is 0.421 e. The molecule has 1 aliphatic rings. The van der Waals surface area contributed by atoms with Crippen molar-refractivity contribution in [3.8, 4) is 5.75 Å². The van der Waals surface area contributed by atoms with Gasteiger partial charge in [0.1, 0.15) is 17.4 Å². The van der Waals surface area contributed by atoms with E-state index in [9.17, 15) is 13.2 Å². The highest BCUT2D eigenvalue weighted by atomic mass is 35.5. The van der Waals surface area contributed by atoms with E-state index in [0.717, 1.165) is 13.0 Å². The van der Waals surface area contributed by atoms with E-state index in [1.165, 1.54) is 25.3 Å². The Bertz CT molecular complexity index is 476. The summed E-state index contributed by atoms with van der Waals surface area (Å²) in [4.78, 5) is 0. The van der Waals surface area contributed by atoms with Crippen molar-refractivity contribution in [2.45, 2.75) is 18.7 Å². The molecule has 0 aliphatic carbocycles. The fourth-order valence-electron chi connectivity index (χ4n) is 2.47. The Labute approximate surface area is 126 Å². The second-order valence-electron chi connectivity index (χ2n) is 4.98. The lowest BCUT2D eigenvalue weighted by atomic mass is 10.0. The zero-order valence-electron chi connectivity index (χ0n) is 11.5. The maximum Gasteiger partial charge on any atom is 0.421 e. The zero-order valence-corrected chi connectivity index (χ0v) is 12.3. The zero-order chi connectivity index (χ0) is 15.5. The molecule has 0 aromatic heterocycles. The van der Waals surface area contributed by atoms with E-state index >= 15 is 0 Å². The van der Waals surface area contributed by atoms with Crippen molar-refractivity contribution in [3.63, 3.8) is 0 Å². The Hall–Kier alpha value is -0.980. The highest BCUT2D eigenvalue weighted by molar-refractivity contribution is 6.31. The van der Waals surface area contributed by atoms with Crippen LogP contribution in [-0.2, 0) is 10.9 Å². The number of halogens is 4. The first kappa shape index (κ1) is 16.4. The van der Waals surface area contributed by atoms with Gasteiger partial charge in [-0.15, -0.1) is 0 Å². The van der Waals surface area contributed by atoms with E-state index in [-0.39, 0.29) is 23.3 Å². The summed E-state index contributed by atoms with van der Waals surface area (Å²) in [6, 6.07) is 3.95. The Morgan fingerprint density at radius 3 is 2.76 bits per heavy atom. The first-order valence-electron chi connectivity index (χ1n) is 6.65.